The van der Waals surface area contributed by atoms with Gasteiger partial charge in [-0.2, -0.15) is 9.50 Å². The van der Waals surface area contributed by atoms with E-state index in [0.717, 1.165) is 17.0 Å². The van der Waals surface area contributed by atoms with Crippen LogP contribution in [0.4, 0.5) is 5.69 Å². The summed E-state index contributed by atoms with van der Waals surface area (Å²) in [5, 5.41) is 7.01. The Labute approximate surface area is 178 Å². The Bertz CT molecular complexity index is 1230. The second-order valence-corrected chi connectivity index (χ2v) is 7.31. The van der Waals surface area contributed by atoms with Crippen molar-refractivity contribution in [2.24, 2.45) is 0 Å². The first-order chi connectivity index (χ1) is 14.5. The van der Waals surface area contributed by atoms with E-state index in [2.05, 4.69) is 20.4 Å². The summed E-state index contributed by atoms with van der Waals surface area (Å²) >= 11 is 5.95. The molecule has 0 aliphatic carbocycles. The molecule has 0 spiro atoms. The van der Waals surface area contributed by atoms with Crippen LogP contribution in [-0.2, 0) is 13.0 Å². The molecule has 0 saturated carbocycles. The van der Waals surface area contributed by atoms with Crippen molar-refractivity contribution in [1.29, 1.82) is 0 Å². The number of nitrogens with one attached hydrogen (secondary N) is 2. The second kappa shape index (κ2) is 8.59. The van der Waals surface area contributed by atoms with Crippen LogP contribution in [0.1, 0.15) is 29.6 Å². The van der Waals surface area contributed by atoms with Crippen molar-refractivity contribution >= 4 is 23.1 Å². The lowest BCUT2D eigenvalue weighted by molar-refractivity contribution is 0.341. The standard InChI is InChI=1S/C22H22ClN5O2/c1-3-30-19-7-5-4-6-18(19)24-13-20-26-22-25-14(2)17(21(29)28(22)27-20)12-15-8-10-16(23)11-9-15/h4-11,24H,3,12-13H2,1-2H3,(H,25,26,27). The molecule has 0 fully saturated rings. The number of H-pyrrole nitrogens is 1. The molecular formula is C22H22ClN5O2. The summed E-state index contributed by atoms with van der Waals surface area (Å²) in [6.07, 6.45) is 0.478. The molecule has 0 atom stereocenters. The summed E-state index contributed by atoms with van der Waals surface area (Å²) in [6, 6.07) is 15.2. The van der Waals surface area contributed by atoms with Gasteiger partial charge in [0.1, 0.15) is 11.6 Å². The molecule has 2 N–H and O–H groups in total. The number of para-hydroxylation sites is 2. The topological polar surface area (TPSA) is 84.3 Å². The quantitative estimate of drug-likeness (QED) is 0.469. The number of rotatable bonds is 7. The number of anilines is 1. The van der Waals surface area contributed by atoms with Gasteiger partial charge in [0.25, 0.3) is 11.3 Å². The number of hydrogen-bond acceptors (Lipinski definition) is 5. The minimum Gasteiger partial charge on any atom is -0.492 e. The van der Waals surface area contributed by atoms with E-state index >= 15 is 0 Å². The average molecular weight is 424 g/mol. The molecule has 0 unspecified atom stereocenters. The summed E-state index contributed by atoms with van der Waals surface area (Å²) in [5.74, 6) is 1.73. The van der Waals surface area contributed by atoms with Gasteiger partial charge in [0, 0.05) is 17.0 Å². The fraction of sp³-hybridized carbons (Fsp3) is 0.227. The van der Waals surface area contributed by atoms with Crippen LogP contribution in [0.2, 0.25) is 5.02 Å². The average Bonchev–Trinajstić information content (AvgIpc) is 3.15. The maximum atomic E-state index is 13.0. The van der Waals surface area contributed by atoms with E-state index in [1.165, 1.54) is 4.52 Å². The van der Waals surface area contributed by atoms with Crippen LogP contribution in [0.5, 0.6) is 5.75 Å². The van der Waals surface area contributed by atoms with Gasteiger partial charge in [-0.15, -0.1) is 0 Å². The number of aromatic amines is 1. The Balaban J connectivity index is 1.59. The number of nitrogens with zero attached hydrogens (tertiary/aromatic N) is 3. The molecule has 0 amide bonds. The van der Waals surface area contributed by atoms with Gasteiger partial charge >= 0.3 is 0 Å². The highest BCUT2D eigenvalue weighted by molar-refractivity contribution is 6.30. The van der Waals surface area contributed by atoms with E-state index in [1.54, 1.807) is 0 Å². The first kappa shape index (κ1) is 20.0. The highest BCUT2D eigenvalue weighted by Crippen LogP contribution is 2.24. The predicted octanol–water partition coefficient (Wildman–Crippen LogP) is 3.98. The van der Waals surface area contributed by atoms with E-state index in [9.17, 15) is 4.79 Å². The third kappa shape index (κ3) is 4.16. The van der Waals surface area contributed by atoms with Gasteiger partial charge in [0.05, 0.1) is 24.5 Å². The Morgan fingerprint density at radius 1 is 1.13 bits per heavy atom. The third-order valence-electron chi connectivity index (χ3n) is 4.77. The third-order valence-corrected chi connectivity index (χ3v) is 5.02. The number of aromatic nitrogens is 4. The van der Waals surface area contributed by atoms with E-state index in [-0.39, 0.29) is 5.56 Å². The maximum Gasteiger partial charge on any atom is 0.277 e. The minimum atomic E-state index is -0.152. The van der Waals surface area contributed by atoms with E-state index in [4.69, 9.17) is 16.3 Å². The lowest BCUT2D eigenvalue weighted by Gasteiger charge is -2.10. The summed E-state index contributed by atoms with van der Waals surface area (Å²) in [4.78, 5) is 22.0. The van der Waals surface area contributed by atoms with Crippen molar-refractivity contribution in [3.05, 3.63) is 86.6 Å². The van der Waals surface area contributed by atoms with Crippen molar-refractivity contribution in [1.82, 2.24) is 19.6 Å². The SMILES string of the molecule is CCOc1ccccc1NCc1nc2nc(C)c(Cc3ccc(Cl)cc3)c(=O)n2[nH]1. The molecular weight excluding hydrogens is 402 g/mol. The van der Waals surface area contributed by atoms with Crippen LogP contribution in [0.15, 0.2) is 53.3 Å². The zero-order valence-corrected chi connectivity index (χ0v) is 17.5. The van der Waals surface area contributed by atoms with Gasteiger partial charge in [-0.1, -0.05) is 35.9 Å². The molecule has 7 nitrogen and oxygen atoms in total. The first-order valence-corrected chi connectivity index (χ1v) is 10.1. The van der Waals surface area contributed by atoms with E-state index in [1.807, 2.05) is 62.4 Å². The van der Waals surface area contributed by atoms with Gasteiger partial charge in [0.2, 0.25) is 0 Å². The monoisotopic (exact) mass is 423 g/mol. The molecule has 154 valence electrons. The van der Waals surface area contributed by atoms with Crippen molar-refractivity contribution in [2.45, 2.75) is 26.8 Å². The zero-order chi connectivity index (χ0) is 21.1. The van der Waals surface area contributed by atoms with Crippen LogP contribution >= 0.6 is 11.6 Å². The maximum absolute atomic E-state index is 13.0. The lowest BCUT2D eigenvalue weighted by atomic mass is 10.1. The normalized spacial score (nSPS) is 11.0. The first-order valence-electron chi connectivity index (χ1n) is 9.72. The number of aryl methyl sites for hydroxylation is 1. The lowest BCUT2D eigenvalue weighted by Crippen LogP contribution is -2.22. The van der Waals surface area contributed by atoms with Crippen LogP contribution < -0.4 is 15.6 Å². The molecule has 0 radical (unpaired) electrons. The molecule has 0 aliphatic heterocycles. The van der Waals surface area contributed by atoms with Crippen LogP contribution in [0, 0.1) is 6.92 Å². The highest BCUT2D eigenvalue weighted by Gasteiger charge is 2.14. The number of halogens is 1. The molecule has 4 rings (SSSR count). The number of hydrogen-bond donors (Lipinski definition) is 2. The van der Waals surface area contributed by atoms with E-state index in [0.29, 0.717) is 47.5 Å². The Kier molecular flexibility index (Phi) is 5.72. The summed E-state index contributed by atoms with van der Waals surface area (Å²) < 4.78 is 7.02. The summed E-state index contributed by atoms with van der Waals surface area (Å²) in [7, 11) is 0. The number of ether oxygens (including phenoxy) is 1. The Morgan fingerprint density at radius 2 is 1.90 bits per heavy atom. The van der Waals surface area contributed by atoms with Crippen molar-refractivity contribution in [3.8, 4) is 5.75 Å². The largest absolute Gasteiger partial charge is 0.492 e. The van der Waals surface area contributed by atoms with Crippen LogP contribution in [0.25, 0.3) is 5.78 Å². The van der Waals surface area contributed by atoms with Gasteiger partial charge in [-0.25, -0.2) is 4.98 Å². The fourth-order valence-electron chi connectivity index (χ4n) is 3.26. The van der Waals surface area contributed by atoms with Crippen LogP contribution in [0.3, 0.4) is 0 Å². The van der Waals surface area contributed by atoms with Gasteiger partial charge < -0.3 is 10.1 Å². The molecule has 4 aromatic rings. The van der Waals surface area contributed by atoms with Crippen molar-refractivity contribution in [3.63, 3.8) is 0 Å². The Hall–Kier alpha value is -3.32. The Morgan fingerprint density at radius 3 is 2.67 bits per heavy atom. The molecule has 0 bridgehead atoms. The molecule has 30 heavy (non-hydrogen) atoms. The summed E-state index contributed by atoms with van der Waals surface area (Å²) in [6.45, 7) is 4.76. The molecule has 0 saturated heterocycles. The molecule has 0 aliphatic rings. The molecule has 2 heterocycles. The smallest absolute Gasteiger partial charge is 0.277 e. The zero-order valence-electron chi connectivity index (χ0n) is 16.8. The highest BCUT2D eigenvalue weighted by atomic mass is 35.5. The minimum absolute atomic E-state index is 0.152. The van der Waals surface area contributed by atoms with Gasteiger partial charge in [-0.3, -0.25) is 9.89 Å². The van der Waals surface area contributed by atoms with Crippen molar-refractivity contribution in [2.75, 3.05) is 11.9 Å². The van der Waals surface area contributed by atoms with Crippen LogP contribution in [-0.4, -0.2) is 26.2 Å². The fourth-order valence-corrected chi connectivity index (χ4v) is 3.39. The van der Waals surface area contributed by atoms with Gasteiger partial charge in [0.15, 0.2) is 0 Å². The number of benzene rings is 2. The molecule has 8 heteroatoms. The van der Waals surface area contributed by atoms with Gasteiger partial charge in [-0.05, 0) is 43.7 Å². The van der Waals surface area contributed by atoms with E-state index < -0.39 is 0 Å². The van der Waals surface area contributed by atoms with Crippen molar-refractivity contribution < 1.29 is 4.74 Å². The molecule has 2 aromatic carbocycles. The summed E-state index contributed by atoms with van der Waals surface area (Å²) in [5.41, 5.74) is 3.00. The predicted molar refractivity (Wildman–Crippen MR) is 118 cm³/mol. The number of fused-ring (bicyclic) bond motifs is 1. The second-order valence-electron chi connectivity index (χ2n) is 6.87. The molecule has 2 aromatic heterocycles.